The minimum atomic E-state index is -0.493. The molecule has 4 rings (SSSR count). The highest BCUT2D eigenvalue weighted by Gasteiger charge is 2.39. The molecule has 176 valence electrons. The van der Waals surface area contributed by atoms with E-state index < -0.39 is 5.79 Å². The van der Waals surface area contributed by atoms with Gasteiger partial charge in [0.15, 0.2) is 23.1 Å². The number of nitrogens with one attached hydrogen (secondary N) is 1. The molecule has 33 heavy (non-hydrogen) atoms. The Morgan fingerprint density at radius 2 is 1.97 bits per heavy atom. The molecule has 1 amide bonds. The molecule has 0 unspecified atom stereocenters. The van der Waals surface area contributed by atoms with Crippen molar-refractivity contribution in [2.75, 3.05) is 50.7 Å². The highest BCUT2D eigenvalue weighted by Crippen LogP contribution is 2.38. The maximum atomic E-state index is 12.6. The molecule has 0 bridgehead atoms. The van der Waals surface area contributed by atoms with Crippen molar-refractivity contribution in [3.05, 3.63) is 41.3 Å². The number of anilines is 2. The van der Waals surface area contributed by atoms with Crippen molar-refractivity contribution >= 4 is 35.1 Å². The first kappa shape index (κ1) is 23.3. The summed E-state index contributed by atoms with van der Waals surface area (Å²) in [6.07, 6.45) is 8.49. The Morgan fingerprint density at radius 3 is 2.67 bits per heavy atom. The molecule has 10 heteroatoms. The van der Waals surface area contributed by atoms with Gasteiger partial charge in [0.05, 0.1) is 38.7 Å². The highest BCUT2D eigenvalue weighted by atomic mass is 35.5. The standard InChI is InChI=1S/C23H27ClN4O5/c1-30-18-6-4-16(20(24)21(18)31-2)5-7-19(29)27-17-14-25-15-26-22(17)28-10-8-23(9-11-28)32-12-3-13-33-23/h4-7,14-15H,3,8-13H2,1-2H3,(H,27,29)/b7-5+. The van der Waals surface area contributed by atoms with Gasteiger partial charge in [0.25, 0.3) is 0 Å². The fraction of sp³-hybridized carbons (Fsp3) is 0.435. The molecule has 0 atom stereocenters. The first-order chi connectivity index (χ1) is 16.0. The van der Waals surface area contributed by atoms with Gasteiger partial charge in [-0.1, -0.05) is 11.6 Å². The molecule has 0 radical (unpaired) electrons. The van der Waals surface area contributed by atoms with Crippen LogP contribution in [0.2, 0.25) is 5.02 Å². The molecule has 2 aliphatic rings. The third-order valence-electron chi connectivity index (χ3n) is 5.72. The summed E-state index contributed by atoms with van der Waals surface area (Å²) in [7, 11) is 3.05. The average Bonchev–Trinajstić information content (AvgIpc) is 2.84. The Kier molecular flexibility index (Phi) is 7.32. The van der Waals surface area contributed by atoms with Gasteiger partial charge >= 0.3 is 0 Å². The molecule has 2 saturated heterocycles. The van der Waals surface area contributed by atoms with Crippen molar-refractivity contribution in [1.82, 2.24) is 9.97 Å². The van der Waals surface area contributed by atoms with E-state index in [-0.39, 0.29) is 5.91 Å². The molecule has 1 spiro atoms. The molecule has 2 aromatic rings. The van der Waals surface area contributed by atoms with Crippen molar-refractivity contribution in [1.29, 1.82) is 0 Å². The van der Waals surface area contributed by atoms with Crippen molar-refractivity contribution in [3.8, 4) is 11.5 Å². The summed E-state index contributed by atoms with van der Waals surface area (Å²) in [5.41, 5.74) is 1.16. The maximum Gasteiger partial charge on any atom is 0.248 e. The molecule has 0 saturated carbocycles. The molecular formula is C23H27ClN4O5. The third-order valence-corrected chi connectivity index (χ3v) is 6.11. The number of ether oxygens (including phenoxy) is 4. The Hall–Kier alpha value is -2.88. The molecule has 2 aliphatic heterocycles. The van der Waals surface area contributed by atoms with E-state index in [0.29, 0.717) is 46.7 Å². The fourth-order valence-electron chi connectivity index (χ4n) is 4.00. The molecule has 9 nitrogen and oxygen atoms in total. The van der Waals surface area contributed by atoms with E-state index in [2.05, 4.69) is 20.2 Å². The smallest absolute Gasteiger partial charge is 0.248 e. The van der Waals surface area contributed by atoms with Crippen LogP contribution >= 0.6 is 11.6 Å². The van der Waals surface area contributed by atoms with Gasteiger partial charge in [0.1, 0.15) is 12.0 Å². The summed E-state index contributed by atoms with van der Waals surface area (Å²) in [6.45, 7) is 2.87. The second-order valence-electron chi connectivity index (χ2n) is 7.74. The van der Waals surface area contributed by atoms with Crippen LogP contribution in [0.25, 0.3) is 6.08 Å². The lowest BCUT2D eigenvalue weighted by molar-refractivity contribution is -0.275. The summed E-state index contributed by atoms with van der Waals surface area (Å²) in [4.78, 5) is 23.2. The second-order valence-corrected chi connectivity index (χ2v) is 8.11. The normalized spacial score (nSPS) is 17.8. The molecule has 2 fully saturated rings. The first-order valence-corrected chi connectivity index (χ1v) is 11.2. The van der Waals surface area contributed by atoms with Crippen molar-refractivity contribution < 1.29 is 23.7 Å². The minimum absolute atomic E-state index is 0.329. The van der Waals surface area contributed by atoms with Crippen LogP contribution < -0.4 is 19.7 Å². The van der Waals surface area contributed by atoms with E-state index in [1.54, 1.807) is 24.4 Å². The van der Waals surface area contributed by atoms with E-state index in [4.69, 9.17) is 30.5 Å². The summed E-state index contributed by atoms with van der Waals surface area (Å²) >= 11 is 6.39. The van der Waals surface area contributed by atoms with Gasteiger partial charge in [-0.15, -0.1) is 0 Å². The summed E-state index contributed by atoms with van der Waals surface area (Å²) in [5.74, 6) is 0.773. The van der Waals surface area contributed by atoms with Gasteiger partial charge < -0.3 is 29.2 Å². The van der Waals surface area contributed by atoms with Crippen LogP contribution in [0.1, 0.15) is 24.8 Å². The molecular weight excluding hydrogens is 448 g/mol. The largest absolute Gasteiger partial charge is 0.493 e. The second kappa shape index (κ2) is 10.4. The number of aromatic nitrogens is 2. The fourth-order valence-corrected chi connectivity index (χ4v) is 4.30. The summed E-state index contributed by atoms with van der Waals surface area (Å²) < 4.78 is 22.4. The number of hydrogen-bond donors (Lipinski definition) is 1. The van der Waals surface area contributed by atoms with Crippen LogP contribution in [0, 0.1) is 0 Å². The van der Waals surface area contributed by atoms with Crippen LogP contribution in [0.4, 0.5) is 11.5 Å². The van der Waals surface area contributed by atoms with Crippen LogP contribution in [-0.4, -0.2) is 62.2 Å². The zero-order chi connectivity index (χ0) is 23.3. The van der Waals surface area contributed by atoms with Crippen molar-refractivity contribution in [2.45, 2.75) is 25.0 Å². The number of rotatable bonds is 6. The predicted molar refractivity (Wildman–Crippen MR) is 125 cm³/mol. The number of benzene rings is 1. The number of halogens is 1. The maximum absolute atomic E-state index is 12.6. The lowest BCUT2D eigenvalue weighted by Gasteiger charge is -2.43. The van der Waals surface area contributed by atoms with Crippen LogP contribution in [0.3, 0.4) is 0 Å². The van der Waals surface area contributed by atoms with E-state index in [1.165, 1.54) is 26.6 Å². The van der Waals surface area contributed by atoms with E-state index >= 15 is 0 Å². The highest BCUT2D eigenvalue weighted by molar-refractivity contribution is 6.34. The molecule has 0 aliphatic carbocycles. The lowest BCUT2D eigenvalue weighted by atomic mass is 10.0. The third kappa shape index (κ3) is 5.21. The molecule has 1 N–H and O–H groups in total. The van der Waals surface area contributed by atoms with Gasteiger partial charge in [-0.05, 0) is 30.2 Å². The minimum Gasteiger partial charge on any atom is -0.493 e. The van der Waals surface area contributed by atoms with Crippen LogP contribution in [0.15, 0.2) is 30.7 Å². The van der Waals surface area contributed by atoms with E-state index in [1.807, 2.05) is 0 Å². The molecule has 1 aromatic heterocycles. The summed E-state index contributed by atoms with van der Waals surface area (Å²) in [6, 6.07) is 3.48. The SMILES string of the molecule is COc1ccc(/C=C/C(=O)Nc2cncnc2N2CCC3(CC2)OCCCO3)c(Cl)c1OC. The topological polar surface area (TPSA) is 95.0 Å². The van der Waals surface area contributed by atoms with E-state index in [0.717, 1.165) is 32.5 Å². The number of hydrogen-bond acceptors (Lipinski definition) is 8. The van der Waals surface area contributed by atoms with Gasteiger partial charge in [-0.2, -0.15) is 0 Å². The van der Waals surface area contributed by atoms with Crippen LogP contribution in [-0.2, 0) is 14.3 Å². The number of nitrogens with zero attached hydrogens (tertiary/aromatic N) is 3. The molecule has 1 aromatic carbocycles. The van der Waals surface area contributed by atoms with E-state index in [9.17, 15) is 4.79 Å². The number of amides is 1. The number of piperidine rings is 1. The molecule has 3 heterocycles. The Bertz CT molecular complexity index is 1020. The van der Waals surface area contributed by atoms with Gasteiger partial charge in [-0.3, -0.25) is 4.79 Å². The Labute approximate surface area is 197 Å². The monoisotopic (exact) mass is 474 g/mol. The zero-order valence-corrected chi connectivity index (χ0v) is 19.4. The van der Waals surface area contributed by atoms with Crippen LogP contribution in [0.5, 0.6) is 11.5 Å². The average molecular weight is 475 g/mol. The zero-order valence-electron chi connectivity index (χ0n) is 18.7. The number of methoxy groups -OCH3 is 2. The lowest BCUT2D eigenvalue weighted by Crippen LogP contribution is -2.50. The van der Waals surface area contributed by atoms with Gasteiger partial charge in [-0.25, -0.2) is 9.97 Å². The Morgan fingerprint density at radius 1 is 1.21 bits per heavy atom. The van der Waals surface area contributed by atoms with Crippen molar-refractivity contribution in [3.63, 3.8) is 0 Å². The number of carbonyl (C=O) groups is 1. The predicted octanol–water partition coefficient (Wildman–Crippen LogP) is 3.53. The quantitative estimate of drug-likeness (QED) is 0.635. The summed E-state index contributed by atoms with van der Waals surface area (Å²) in [5, 5.41) is 3.23. The van der Waals surface area contributed by atoms with Gasteiger partial charge in [0.2, 0.25) is 5.91 Å². The first-order valence-electron chi connectivity index (χ1n) is 10.8. The number of carbonyl (C=O) groups excluding carboxylic acids is 1. The Balaban J connectivity index is 1.43. The van der Waals surface area contributed by atoms with Gasteiger partial charge in [0, 0.05) is 32.0 Å². The van der Waals surface area contributed by atoms with Crippen molar-refractivity contribution in [2.24, 2.45) is 0 Å².